The normalized spacial score (nSPS) is 11.9. The summed E-state index contributed by atoms with van der Waals surface area (Å²) in [5.74, 6) is 0. The zero-order valence-electron chi connectivity index (χ0n) is 46.8. The van der Waals surface area contributed by atoms with E-state index in [1.54, 1.807) is 0 Å². The average molecular weight is 1060 g/mol. The number of pyridine rings is 1. The number of aryl methyl sites for hydroxylation is 2. The highest BCUT2D eigenvalue weighted by Gasteiger charge is 2.22. The molecule has 0 aliphatic heterocycles. The summed E-state index contributed by atoms with van der Waals surface area (Å²) < 4.78 is 4.95. The summed E-state index contributed by atoms with van der Waals surface area (Å²) in [6, 6.07) is 97.8. The van der Waals surface area contributed by atoms with Crippen molar-refractivity contribution in [2.45, 2.75) is 20.8 Å². The fourth-order valence-corrected chi connectivity index (χ4v) is 12.4. The third-order valence-corrected chi connectivity index (χ3v) is 16.5. The van der Waals surface area contributed by atoms with Gasteiger partial charge in [0.05, 0.1) is 39.1 Å². The molecular formula is C80H59N3. The van der Waals surface area contributed by atoms with Gasteiger partial charge in [-0.3, -0.25) is 0 Å². The number of hydrogen-bond acceptors (Lipinski definition) is 1. The molecule has 0 unspecified atom stereocenters. The van der Waals surface area contributed by atoms with Gasteiger partial charge < -0.3 is 9.13 Å². The van der Waals surface area contributed by atoms with Crippen molar-refractivity contribution in [1.29, 1.82) is 0 Å². The Kier molecular flexibility index (Phi) is 13.1. The van der Waals surface area contributed by atoms with E-state index in [0.29, 0.717) is 0 Å². The maximum absolute atomic E-state index is 5.46. The largest absolute Gasteiger partial charge is 0.309 e. The number of benzene rings is 11. The first-order chi connectivity index (χ1) is 40.9. The van der Waals surface area contributed by atoms with Gasteiger partial charge in [-0.25, -0.2) is 4.98 Å². The lowest BCUT2D eigenvalue weighted by Gasteiger charge is -2.18. The van der Waals surface area contributed by atoms with Crippen LogP contribution in [0.2, 0.25) is 0 Å². The van der Waals surface area contributed by atoms with E-state index in [9.17, 15) is 0 Å². The Labute approximate surface area is 485 Å². The van der Waals surface area contributed by atoms with Crippen molar-refractivity contribution in [1.82, 2.24) is 14.1 Å². The second-order valence-electron chi connectivity index (χ2n) is 21.6. The third-order valence-electron chi connectivity index (χ3n) is 16.5. The Morgan fingerprint density at radius 2 is 0.831 bits per heavy atom. The minimum absolute atomic E-state index is 0.910. The number of aromatic nitrogens is 3. The summed E-state index contributed by atoms with van der Waals surface area (Å²) in [5, 5.41) is 4.76. The Morgan fingerprint density at radius 1 is 0.361 bits per heavy atom. The molecule has 0 saturated carbocycles. The molecule has 3 aromatic heterocycles. The fourth-order valence-electron chi connectivity index (χ4n) is 12.4. The molecule has 0 bridgehead atoms. The highest BCUT2D eigenvalue weighted by atomic mass is 15.0. The summed E-state index contributed by atoms with van der Waals surface area (Å²) in [6.45, 7) is 10.5. The van der Waals surface area contributed by atoms with Gasteiger partial charge in [0.15, 0.2) is 0 Å². The lowest BCUT2D eigenvalue weighted by Crippen LogP contribution is -2.01. The Bertz CT molecular complexity index is 4880. The molecule has 0 amide bonds. The van der Waals surface area contributed by atoms with Gasteiger partial charge in [0.2, 0.25) is 0 Å². The van der Waals surface area contributed by atoms with Crippen LogP contribution in [0, 0.1) is 13.8 Å². The number of rotatable bonds is 12. The van der Waals surface area contributed by atoms with E-state index in [2.05, 4.69) is 322 Å². The smallest absolute Gasteiger partial charge is 0.0715 e. The van der Waals surface area contributed by atoms with Crippen LogP contribution < -0.4 is 0 Å². The van der Waals surface area contributed by atoms with Crippen molar-refractivity contribution in [2.75, 3.05) is 0 Å². The van der Waals surface area contributed by atoms with Crippen LogP contribution in [-0.2, 0) is 0 Å². The summed E-state index contributed by atoms with van der Waals surface area (Å²) >= 11 is 0. The van der Waals surface area contributed by atoms with Gasteiger partial charge in [0.25, 0.3) is 0 Å². The van der Waals surface area contributed by atoms with Crippen molar-refractivity contribution < 1.29 is 0 Å². The molecule has 14 aromatic rings. The van der Waals surface area contributed by atoms with Crippen LogP contribution in [0.4, 0.5) is 0 Å². The zero-order valence-corrected chi connectivity index (χ0v) is 46.8. The van der Waals surface area contributed by atoms with Gasteiger partial charge in [-0.15, -0.1) is 0 Å². The van der Waals surface area contributed by atoms with Gasteiger partial charge in [-0.05, 0) is 178 Å². The highest BCUT2D eigenvalue weighted by Crippen LogP contribution is 2.44. The number of fused-ring (bicyclic) bond motifs is 6. The number of nitrogens with zero attached hydrogens (tertiary/aromatic N) is 3. The van der Waals surface area contributed by atoms with Crippen molar-refractivity contribution in [3.05, 3.63) is 314 Å². The van der Waals surface area contributed by atoms with Gasteiger partial charge in [0.1, 0.15) is 0 Å². The van der Waals surface area contributed by atoms with Crippen molar-refractivity contribution in [2.24, 2.45) is 0 Å². The van der Waals surface area contributed by atoms with Gasteiger partial charge in [-0.2, -0.15) is 0 Å². The molecule has 0 fully saturated rings. The maximum atomic E-state index is 5.46. The van der Waals surface area contributed by atoms with Gasteiger partial charge in [0, 0.05) is 43.9 Å². The monoisotopic (exact) mass is 1060 g/mol. The van der Waals surface area contributed by atoms with Crippen LogP contribution in [0.15, 0.2) is 298 Å². The molecule has 0 atom stereocenters. The zero-order chi connectivity index (χ0) is 56.0. The first-order valence-electron chi connectivity index (χ1n) is 28.6. The molecule has 0 saturated heterocycles. The van der Waals surface area contributed by atoms with Crippen LogP contribution in [0.5, 0.6) is 0 Å². The van der Waals surface area contributed by atoms with E-state index < -0.39 is 0 Å². The molecule has 0 radical (unpaired) electrons. The standard InChI is InChI=1S/C80H59N3/c1-5-21-55(22-6-2)59-36-41-79-71(46-59)72-48-61(57-27-12-8-13-28-57)37-42-80(72)83(79)76-44-39-66(82-77-40-35-60(56-25-10-7-11-26-56)47-70(77)73-49-63(38-43-78(73)82)67-33-18-16-23-53(67)3)52-69(76)62-31-20-32-64(45-62)75-51-65(68-34-19-17-24-54(68)4)50-74(81-75)58-29-14-9-15-30-58/h5-52H,1H2,2-4H3/b22-6-,55-21+. The molecule has 0 spiro atoms. The topological polar surface area (TPSA) is 22.8 Å². The molecule has 0 aliphatic rings. The predicted molar refractivity (Wildman–Crippen MR) is 353 cm³/mol. The third kappa shape index (κ3) is 9.29. The predicted octanol–water partition coefficient (Wildman–Crippen LogP) is 21.7. The van der Waals surface area contributed by atoms with E-state index in [0.717, 1.165) is 83.8 Å². The Hall–Kier alpha value is -10.6. The second-order valence-corrected chi connectivity index (χ2v) is 21.6. The van der Waals surface area contributed by atoms with E-state index in [1.165, 1.54) is 71.6 Å². The molecule has 11 aromatic carbocycles. The second kappa shape index (κ2) is 21.5. The van der Waals surface area contributed by atoms with Crippen LogP contribution in [0.3, 0.4) is 0 Å². The van der Waals surface area contributed by atoms with E-state index >= 15 is 0 Å². The van der Waals surface area contributed by atoms with Crippen LogP contribution in [0.1, 0.15) is 23.6 Å². The van der Waals surface area contributed by atoms with Gasteiger partial charge >= 0.3 is 0 Å². The summed E-state index contributed by atoms with van der Waals surface area (Å²) in [5.41, 5.74) is 27.0. The lowest BCUT2D eigenvalue weighted by atomic mass is 9.95. The van der Waals surface area contributed by atoms with Crippen LogP contribution >= 0.6 is 0 Å². The van der Waals surface area contributed by atoms with E-state index in [1.807, 2.05) is 6.08 Å². The molecule has 3 heterocycles. The van der Waals surface area contributed by atoms with Crippen molar-refractivity contribution in [3.8, 4) is 89.5 Å². The summed E-state index contributed by atoms with van der Waals surface area (Å²) in [4.78, 5) is 5.46. The van der Waals surface area contributed by atoms with Gasteiger partial charge in [-0.1, -0.05) is 213 Å². The molecule has 3 heteroatoms. The van der Waals surface area contributed by atoms with Crippen molar-refractivity contribution in [3.63, 3.8) is 0 Å². The molecule has 83 heavy (non-hydrogen) atoms. The molecule has 3 nitrogen and oxygen atoms in total. The SMILES string of the molecule is C=C/C=C(\C=C/C)c1ccc2c(c1)c1cc(-c3ccccc3)ccc1n2-c1ccc(-n2c3ccc(-c4ccccc4)cc3c3cc(-c4ccccc4C)ccc32)cc1-c1cccc(-c2cc(-c3ccccc3C)cc(-c3ccccc3)n2)c1. The molecule has 0 N–H and O–H groups in total. The highest BCUT2D eigenvalue weighted by molar-refractivity contribution is 6.13. The quantitative estimate of drug-likeness (QED) is 0.112. The average Bonchev–Trinajstić information content (AvgIpc) is 4.26. The minimum Gasteiger partial charge on any atom is -0.309 e. The molecule has 14 rings (SSSR count). The Balaban J connectivity index is 1.04. The van der Waals surface area contributed by atoms with Crippen molar-refractivity contribution >= 4 is 49.2 Å². The number of hydrogen-bond donors (Lipinski definition) is 0. The summed E-state index contributed by atoms with van der Waals surface area (Å²) in [6.07, 6.45) is 8.22. The van der Waals surface area contributed by atoms with E-state index in [4.69, 9.17) is 4.98 Å². The van der Waals surface area contributed by atoms with E-state index in [-0.39, 0.29) is 0 Å². The van der Waals surface area contributed by atoms with Crippen LogP contribution in [0.25, 0.3) is 139 Å². The summed E-state index contributed by atoms with van der Waals surface area (Å²) in [7, 11) is 0. The lowest BCUT2D eigenvalue weighted by molar-refractivity contribution is 1.15. The maximum Gasteiger partial charge on any atom is 0.0715 e. The first kappa shape index (κ1) is 50.6. The minimum atomic E-state index is 0.910. The molecule has 394 valence electrons. The molecule has 0 aliphatic carbocycles. The molecular weight excluding hydrogens is 1000 g/mol. The fraction of sp³-hybridized carbons (Fsp3) is 0.0375. The van der Waals surface area contributed by atoms with Crippen LogP contribution in [-0.4, -0.2) is 14.1 Å². The number of allylic oxidation sites excluding steroid dienone is 5. The first-order valence-corrected chi connectivity index (χ1v) is 28.6. The Morgan fingerprint density at radius 3 is 1.42 bits per heavy atom.